The summed E-state index contributed by atoms with van der Waals surface area (Å²) in [6.07, 6.45) is 4.64. The summed E-state index contributed by atoms with van der Waals surface area (Å²) in [4.78, 5) is 0. The van der Waals surface area contributed by atoms with Gasteiger partial charge in [0.05, 0.1) is 18.0 Å². The van der Waals surface area contributed by atoms with Crippen LogP contribution in [0.5, 0.6) is 0 Å². The SMILES string of the molecule is OCCC1COC(C2CCCCS2)O1. The van der Waals surface area contributed by atoms with Gasteiger partial charge in [0.15, 0.2) is 6.29 Å². The zero-order valence-electron chi connectivity index (χ0n) is 8.35. The van der Waals surface area contributed by atoms with Gasteiger partial charge in [0.1, 0.15) is 0 Å². The lowest BCUT2D eigenvalue weighted by Crippen LogP contribution is -2.27. The number of hydrogen-bond donors (Lipinski definition) is 1. The highest BCUT2D eigenvalue weighted by Gasteiger charge is 2.33. The van der Waals surface area contributed by atoms with E-state index in [4.69, 9.17) is 14.6 Å². The van der Waals surface area contributed by atoms with Crippen molar-refractivity contribution >= 4 is 11.8 Å². The summed E-state index contributed by atoms with van der Waals surface area (Å²) in [5.41, 5.74) is 0. The number of aliphatic hydroxyl groups excluding tert-OH is 1. The second-order valence-corrected chi connectivity index (χ2v) is 5.22. The van der Waals surface area contributed by atoms with Crippen LogP contribution < -0.4 is 0 Å². The molecule has 0 spiro atoms. The Morgan fingerprint density at radius 1 is 1.36 bits per heavy atom. The smallest absolute Gasteiger partial charge is 0.169 e. The molecule has 14 heavy (non-hydrogen) atoms. The fourth-order valence-corrected chi connectivity index (χ4v) is 3.25. The number of aliphatic hydroxyl groups is 1. The average molecular weight is 218 g/mol. The molecule has 0 aromatic carbocycles. The highest BCUT2D eigenvalue weighted by Crippen LogP contribution is 2.32. The first kappa shape index (κ1) is 10.7. The second kappa shape index (κ2) is 5.35. The molecule has 0 aromatic heterocycles. The monoisotopic (exact) mass is 218 g/mol. The van der Waals surface area contributed by atoms with Crippen LogP contribution >= 0.6 is 11.8 Å². The first-order valence-corrected chi connectivity index (χ1v) is 6.44. The van der Waals surface area contributed by atoms with Crippen LogP contribution in [-0.4, -0.2) is 41.7 Å². The molecule has 2 aliphatic rings. The van der Waals surface area contributed by atoms with Crippen LogP contribution in [0.3, 0.4) is 0 Å². The molecule has 0 aromatic rings. The maximum absolute atomic E-state index is 8.78. The fourth-order valence-electron chi connectivity index (χ4n) is 1.94. The van der Waals surface area contributed by atoms with Crippen molar-refractivity contribution in [3.8, 4) is 0 Å². The minimum Gasteiger partial charge on any atom is -0.396 e. The molecule has 2 rings (SSSR count). The average Bonchev–Trinajstić information content (AvgIpc) is 2.68. The largest absolute Gasteiger partial charge is 0.396 e. The van der Waals surface area contributed by atoms with Crippen molar-refractivity contribution in [3.05, 3.63) is 0 Å². The molecule has 0 saturated carbocycles. The minimum absolute atomic E-state index is 0.0168. The van der Waals surface area contributed by atoms with Crippen molar-refractivity contribution in [3.63, 3.8) is 0 Å². The molecule has 3 unspecified atom stereocenters. The van der Waals surface area contributed by atoms with Gasteiger partial charge in [0.25, 0.3) is 0 Å². The van der Waals surface area contributed by atoms with Gasteiger partial charge in [-0.05, 0) is 25.0 Å². The van der Waals surface area contributed by atoms with Crippen LogP contribution in [0.1, 0.15) is 25.7 Å². The summed E-state index contributed by atoms with van der Waals surface area (Å²) in [5, 5.41) is 9.30. The predicted octanol–water partition coefficient (Wildman–Crippen LogP) is 1.40. The van der Waals surface area contributed by atoms with E-state index < -0.39 is 0 Å². The van der Waals surface area contributed by atoms with Gasteiger partial charge in [-0.15, -0.1) is 0 Å². The van der Waals surface area contributed by atoms with Gasteiger partial charge >= 0.3 is 0 Å². The first-order valence-electron chi connectivity index (χ1n) is 5.39. The van der Waals surface area contributed by atoms with Gasteiger partial charge in [0, 0.05) is 6.61 Å². The maximum atomic E-state index is 8.78. The highest BCUT2D eigenvalue weighted by atomic mass is 32.2. The van der Waals surface area contributed by atoms with Crippen LogP contribution in [0, 0.1) is 0 Å². The van der Waals surface area contributed by atoms with E-state index in [9.17, 15) is 0 Å². The van der Waals surface area contributed by atoms with E-state index in [1.54, 1.807) is 0 Å². The van der Waals surface area contributed by atoms with Gasteiger partial charge in [-0.25, -0.2) is 0 Å². The summed E-state index contributed by atoms with van der Waals surface area (Å²) in [6.45, 7) is 0.848. The van der Waals surface area contributed by atoms with Gasteiger partial charge < -0.3 is 14.6 Å². The molecule has 3 nitrogen and oxygen atoms in total. The Kier molecular flexibility index (Phi) is 4.10. The summed E-state index contributed by atoms with van der Waals surface area (Å²) in [5.74, 6) is 1.23. The molecule has 2 saturated heterocycles. The van der Waals surface area contributed by atoms with Crippen molar-refractivity contribution < 1.29 is 14.6 Å². The van der Waals surface area contributed by atoms with Crippen LogP contribution in [0.25, 0.3) is 0 Å². The van der Waals surface area contributed by atoms with Gasteiger partial charge in [-0.1, -0.05) is 6.42 Å². The van der Waals surface area contributed by atoms with E-state index in [0.717, 1.165) is 0 Å². The number of thioether (sulfide) groups is 1. The topological polar surface area (TPSA) is 38.7 Å². The minimum atomic E-state index is -0.0168. The first-order chi connectivity index (χ1) is 6.90. The quantitative estimate of drug-likeness (QED) is 0.777. The normalized spacial score (nSPS) is 38.8. The van der Waals surface area contributed by atoms with Crippen molar-refractivity contribution in [2.75, 3.05) is 19.0 Å². The molecule has 82 valence electrons. The lowest BCUT2D eigenvalue weighted by Gasteiger charge is -2.25. The predicted molar refractivity (Wildman–Crippen MR) is 56.4 cm³/mol. The molecule has 4 heteroatoms. The lowest BCUT2D eigenvalue weighted by molar-refractivity contribution is -0.0615. The Morgan fingerprint density at radius 3 is 3.00 bits per heavy atom. The Labute approximate surface area is 89.2 Å². The van der Waals surface area contributed by atoms with Crippen molar-refractivity contribution in [1.29, 1.82) is 0 Å². The number of ether oxygens (including phenoxy) is 2. The van der Waals surface area contributed by atoms with Crippen LogP contribution in [0.4, 0.5) is 0 Å². The maximum Gasteiger partial charge on any atom is 0.169 e. The van der Waals surface area contributed by atoms with Gasteiger partial charge in [-0.3, -0.25) is 0 Å². The van der Waals surface area contributed by atoms with E-state index in [0.29, 0.717) is 18.3 Å². The molecular formula is C10H18O3S. The van der Waals surface area contributed by atoms with E-state index >= 15 is 0 Å². The van der Waals surface area contributed by atoms with E-state index in [2.05, 4.69) is 0 Å². The number of rotatable bonds is 3. The molecule has 2 fully saturated rings. The van der Waals surface area contributed by atoms with Crippen molar-refractivity contribution in [1.82, 2.24) is 0 Å². The Hall–Kier alpha value is 0.230. The van der Waals surface area contributed by atoms with Gasteiger partial charge in [0.2, 0.25) is 0 Å². The van der Waals surface area contributed by atoms with Crippen LogP contribution in [0.2, 0.25) is 0 Å². The fraction of sp³-hybridized carbons (Fsp3) is 1.00. The third-order valence-electron chi connectivity index (χ3n) is 2.74. The second-order valence-electron chi connectivity index (χ2n) is 3.88. The molecule has 2 aliphatic heterocycles. The zero-order valence-corrected chi connectivity index (χ0v) is 9.17. The Balaban J connectivity index is 1.76. The van der Waals surface area contributed by atoms with Crippen molar-refractivity contribution in [2.45, 2.75) is 43.3 Å². The van der Waals surface area contributed by atoms with Crippen molar-refractivity contribution in [2.24, 2.45) is 0 Å². The summed E-state index contributed by atoms with van der Waals surface area (Å²) < 4.78 is 11.3. The molecule has 0 bridgehead atoms. The molecule has 0 amide bonds. The summed E-state index contributed by atoms with van der Waals surface area (Å²) >= 11 is 1.97. The molecule has 0 aliphatic carbocycles. The zero-order chi connectivity index (χ0) is 9.80. The standard InChI is InChI=1S/C10H18O3S/c11-5-4-8-7-12-10(13-8)9-3-1-2-6-14-9/h8-11H,1-7H2. The molecule has 2 heterocycles. The van der Waals surface area contributed by atoms with E-state index in [1.807, 2.05) is 11.8 Å². The van der Waals surface area contributed by atoms with E-state index in [-0.39, 0.29) is 19.0 Å². The number of hydrogen-bond acceptors (Lipinski definition) is 4. The molecular weight excluding hydrogens is 200 g/mol. The highest BCUT2D eigenvalue weighted by molar-refractivity contribution is 8.00. The van der Waals surface area contributed by atoms with E-state index in [1.165, 1.54) is 25.0 Å². The third kappa shape index (κ3) is 2.63. The lowest BCUT2D eigenvalue weighted by atomic mass is 10.2. The van der Waals surface area contributed by atoms with Crippen LogP contribution in [-0.2, 0) is 9.47 Å². The molecule has 1 N–H and O–H groups in total. The van der Waals surface area contributed by atoms with Crippen LogP contribution in [0.15, 0.2) is 0 Å². The molecule has 3 atom stereocenters. The summed E-state index contributed by atoms with van der Waals surface area (Å²) in [7, 11) is 0. The Morgan fingerprint density at radius 2 is 2.29 bits per heavy atom. The summed E-state index contributed by atoms with van der Waals surface area (Å²) in [6, 6.07) is 0. The molecule has 0 radical (unpaired) electrons. The van der Waals surface area contributed by atoms with Gasteiger partial charge in [-0.2, -0.15) is 11.8 Å². The Bertz CT molecular complexity index is 171. The third-order valence-corrected chi connectivity index (χ3v) is 4.15.